The Balaban J connectivity index is 1.57. The number of aliphatic hydroxyl groups excluding tert-OH is 1. The van der Waals surface area contributed by atoms with Crippen LogP contribution < -0.4 is 0 Å². The van der Waals surface area contributed by atoms with Gasteiger partial charge in [0.25, 0.3) is 0 Å². The number of hydrogen-bond acceptors (Lipinski definition) is 1. The minimum absolute atomic E-state index is 0.113. The second-order valence-corrected chi connectivity index (χ2v) is 11.4. The molecule has 0 amide bonds. The lowest BCUT2D eigenvalue weighted by molar-refractivity contribution is 0.0383. The molecule has 4 aliphatic carbocycles. The molecule has 6 unspecified atom stereocenters. The van der Waals surface area contributed by atoms with Crippen LogP contribution in [0.4, 0.5) is 0 Å². The molecular weight excluding hydrogens is 340 g/mol. The lowest BCUT2D eigenvalue weighted by Gasteiger charge is -2.55. The Morgan fingerprint density at radius 1 is 1.04 bits per heavy atom. The molecule has 0 heterocycles. The summed E-state index contributed by atoms with van der Waals surface area (Å²) < 4.78 is 0. The maximum atomic E-state index is 10.2. The molecule has 1 N–H and O–H groups in total. The molecule has 0 aromatic heterocycles. The first-order chi connectivity index (χ1) is 13.3. The van der Waals surface area contributed by atoms with Crippen LogP contribution in [-0.2, 0) is 0 Å². The third-order valence-corrected chi connectivity index (χ3v) is 9.30. The van der Waals surface area contributed by atoms with Gasteiger partial charge in [-0.25, -0.2) is 0 Å². The standard InChI is InChI=1S/C27H42O/c1-18(2)7-6-8-19(3)23-11-12-24-22-10-9-20-17-21(28)13-15-26(20,4)25(22)14-16-27(23,24)5/h6,8-10,18-19,21,23-25,28H,7,11-17H2,1-5H3/b8-6+/t19?,21-,23?,24?,25?,26?,27?/m0/s1. The van der Waals surface area contributed by atoms with Crippen molar-refractivity contribution in [2.24, 2.45) is 40.4 Å². The zero-order valence-electron chi connectivity index (χ0n) is 18.9. The molecule has 0 aliphatic heterocycles. The normalized spacial score (nSPS) is 44.0. The van der Waals surface area contributed by atoms with Crippen molar-refractivity contribution >= 4 is 0 Å². The van der Waals surface area contributed by atoms with Crippen LogP contribution >= 0.6 is 0 Å². The molecule has 0 spiro atoms. The monoisotopic (exact) mass is 382 g/mol. The Labute approximate surface area is 173 Å². The van der Waals surface area contributed by atoms with Crippen LogP contribution in [0.3, 0.4) is 0 Å². The van der Waals surface area contributed by atoms with Crippen LogP contribution in [0, 0.1) is 40.4 Å². The SMILES string of the molecule is CC(C)C/C=C/C(C)C1CCC2C3=CC=C4C[C@@H](O)CCC4(C)C3CCC21C. The van der Waals surface area contributed by atoms with Gasteiger partial charge in [-0.1, -0.05) is 70.1 Å². The largest absolute Gasteiger partial charge is 0.393 e. The Morgan fingerprint density at radius 3 is 2.57 bits per heavy atom. The molecule has 156 valence electrons. The highest BCUT2D eigenvalue weighted by atomic mass is 16.3. The zero-order chi connectivity index (χ0) is 20.1. The summed E-state index contributed by atoms with van der Waals surface area (Å²) in [6.07, 6.45) is 19.6. The Morgan fingerprint density at radius 2 is 1.82 bits per heavy atom. The van der Waals surface area contributed by atoms with Gasteiger partial charge in [-0.2, -0.15) is 0 Å². The van der Waals surface area contributed by atoms with E-state index in [1.807, 2.05) is 0 Å². The van der Waals surface area contributed by atoms with Crippen molar-refractivity contribution in [1.82, 2.24) is 0 Å². The van der Waals surface area contributed by atoms with E-state index in [-0.39, 0.29) is 6.10 Å². The van der Waals surface area contributed by atoms with Crippen LogP contribution in [-0.4, -0.2) is 11.2 Å². The van der Waals surface area contributed by atoms with Crippen LogP contribution in [0.2, 0.25) is 0 Å². The molecule has 7 atom stereocenters. The van der Waals surface area contributed by atoms with Crippen LogP contribution in [0.25, 0.3) is 0 Å². The van der Waals surface area contributed by atoms with Gasteiger partial charge in [-0.15, -0.1) is 0 Å². The molecule has 0 aromatic carbocycles. The van der Waals surface area contributed by atoms with E-state index >= 15 is 0 Å². The van der Waals surface area contributed by atoms with Crippen LogP contribution in [0.15, 0.2) is 35.5 Å². The highest BCUT2D eigenvalue weighted by molar-refractivity contribution is 5.39. The molecule has 28 heavy (non-hydrogen) atoms. The average Bonchev–Trinajstić information content (AvgIpc) is 2.99. The Bertz CT molecular complexity index is 682. The third-order valence-electron chi connectivity index (χ3n) is 9.30. The topological polar surface area (TPSA) is 20.2 Å². The highest BCUT2D eigenvalue weighted by Gasteiger charge is 2.56. The molecule has 0 aromatic rings. The van der Waals surface area contributed by atoms with E-state index in [1.54, 1.807) is 5.57 Å². The van der Waals surface area contributed by atoms with Gasteiger partial charge in [0.15, 0.2) is 0 Å². The van der Waals surface area contributed by atoms with Crippen LogP contribution in [0.1, 0.15) is 86.0 Å². The van der Waals surface area contributed by atoms with E-state index in [0.29, 0.717) is 16.7 Å². The summed E-state index contributed by atoms with van der Waals surface area (Å²) in [5, 5.41) is 10.2. The highest BCUT2D eigenvalue weighted by Crippen LogP contribution is 2.65. The van der Waals surface area contributed by atoms with Gasteiger partial charge >= 0.3 is 0 Å². The molecule has 1 heteroatoms. The number of fused-ring (bicyclic) bond motifs is 5. The Kier molecular flexibility index (Phi) is 5.45. The van der Waals surface area contributed by atoms with E-state index in [1.165, 1.54) is 44.1 Å². The van der Waals surface area contributed by atoms with Gasteiger partial charge in [0.2, 0.25) is 0 Å². The lowest BCUT2D eigenvalue weighted by Crippen LogP contribution is -2.46. The number of rotatable bonds is 4. The first kappa shape index (κ1) is 20.5. The number of allylic oxidation sites excluding steroid dienone is 5. The Hall–Kier alpha value is -0.820. The molecule has 1 nitrogen and oxygen atoms in total. The lowest BCUT2D eigenvalue weighted by atomic mass is 9.50. The van der Waals surface area contributed by atoms with Crippen molar-refractivity contribution in [1.29, 1.82) is 0 Å². The summed E-state index contributed by atoms with van der Waals surface area (Å²) in [4.78, 5) is 0. The van der Waals surface area contributed by atoms with Crippen molar-refractivity contribution in [3.8, 4) is 0 Å². The fourth-order valence-corrected chi connectivity index (χ4v) is 7.59. The summed E-state index contributed by atoms with van der Waals surface area (Å²) in [6, 6.07) is 0. The summed E-state index contributed by atoms with van der Waals surface area (Å²) >= 11 is 0. The van der Waals surface area contributed by atoms with Crippen molar-refractivity contribution < 1.29 is 5.11 Å². The fraction of sp³-hybridized carbons (Fsp3) is 0.778. The van der Waals surface area contributed by atoms with E-state index in [4.69, 9.17) is 0 Å². The molecule has 4 rings (SSSR count). The van der Waals surface area contributed by atoms with Gasteiger partial charge in [0.1, 0.15) is 0 Å². The second-order valence-electron chi connectivity index (χ2n) is 11.4. The minimum Gasteiger partial charge on any atom is -0.393 e. The summed E-state index contributed by atoms with van der Waals surface area (Å²) in [6.45, 7) is 12.2. The van der Waals surface area contributed by atoms with Crippen molar-refractivity contribution in [3.63, 3.8) is 0 Å². The molecule has 0 radical (unpaired) electrons. The van der Waals surface area contributed by atoms with Gasteiger partial charge < -0.3 is 5.11 Å². The van der Waals surface area contributed by atoms with Gasteiger partial charge in [-0.05, 0) is 91.8 Å². The zero-order valence-corrected chi connectivity index (χ0v) is 18.9. The molecule has 0 saturated heterocycles. The van der Waals surface area contributed by atoms with Gasteiger partial charge in [0.05, 0.1) is 6.10 Å². The smallest absolute Gasteiger partial charge is 0.0578 e. The van der Waals surface area contributed by atoms with E-state index in [2.05, 4.69) is 58.9 Å². The predicted molar refractivity (Wildman–Crippen MR) is 119 cm³/mol. The summed E-state index contributed by atoms with van der Waals surface area (Å²) in [5.74, 6) is 3.78. The first-order valence-electron chi connectivity index (χ1n) is 12.0. The number of hydrogen-bond donors (Lipinski definition) is 1. The first-order valence-corrected chi connectivity index (χ1v) is 12.0. The van der Waals surface area contributed by atoms with E-state index < -0.39 is 0 Å². The van der Waals surface area contributed by atoms with Crippen molar-refractivity contribution in [2.75, 3.05) is 0 Å². The third kappa shape index (κ3) is 3.26. The quantitative estimate of drug-likeness (QED) is 0.515. The molecule has 3 saturated carbocycles. The van der Waals surface area contributed by atoms with Gasteiger partial charge in [0, 0.05) is 0 Å². The molecular formula is C27H42O. The van der Waals surface area contributed by atoms with Gasteiger partial charge in [-0.3, -0.25) is 0 Å². The van der Waals surface area contributed by atoms with Crippen molar-refractivity contribution in [3.05, 3.63) is 35.5 Å². The average molecular weight is 383 g/mol. The number of aliphatic hydroxyl groups is 1. The van der Waals surface area contributed by atoms with E-state index in [0.717, 1.165) is 36.5 Å². The van der Waals surface area contributed by atoms with Crippen LogP contribution in [0.5, 0.6) is 0 Å². The molecule has 0 bridgehead atoms. The summed E-state index contributed by atoms with van der Waals surface area (Å²) in [5.41, 5.74) is 4.09. The second kappa shape index (κ2) is 7.46. The predicted octanol–water partition coefficient (Wildman–Crippen LogP) is 7.08. The van der Waals surface area contributed by atoms with Crippen molar-refractivity contribution in [2.45, 2.75) is 92.1 Å². The summed E-state index contributed by atoms with van der Waals surface area (Å²) in [7, 11) is 0. The molecule has 3 fully saturated rings. The fourth-order valence-electron chi connectivity index (χ4n) is 7.59. The molecule has 4 aliphatic rings. The maximum Gasteiger partial charge on any atom is 0.0578 e. The van der Waals surface area contributed by atoms with E-state index in [9.17, 15) is 5.11 Å². The maximum absolute atomic E-state index is 10.2. The minimum atomic E-state index is -0.113.